The van der Waals surface area contributed by atoms with Crippen molar-refractivity contribution in [3.63, 3.8) is 0 Å². The molecule has 0 bridgehead atoms. The molecule has 0 aromatic carbocycles. The zero-order valence-corrected chi connectivity index (χ0v) is 8.70. The van der Waals surface area contributed by atoms with E-state index in [4.69, 9.17) is 21.4 Å². The molecular weight excluding hydrogens is 218 g/mol. The largest absolute Gasteiger partial charge is 0.478 e. The highest BCUT2D eigenvalue weighted by atomic mass is 35.5. The highest BCUT2D eigenvalue weighted by Crippen LogP contribution is 2.28. The molecule has 1 aromatic rings. The SMILES string of the molecule is O=C(O)c1ccc(C2CCCO2)nc1Cl. The number of halogens is 1. The molecule has 4 nitrogen and oxygen atoms in total. The Morgan fingerprint density at radius 3 is 2.93 bits per heavy atom. The fourth-order valence-corrected chi connectivity index (χ4v) is 1.84. The Bertz CT molecular complexity index is 388. The number of pyridine rings is 1. The fourth-order valence-electron chi connectivity index (χ4n) is 1.60. The van der Waals surface area contributed by atoms with Crippen molar-refractivity contribution in [2.45, 2.75) is 18.9 Å². The van der Waals surface area contributed by atoms with Gasteiger partial charge in [0.05, 0.1) is 17.4 Å². The van der Waals surface area contributed by atoms with E-state index in [1.54, 1.807) is 6.07 Å². The number of carboxylic acids is 1. The molecule has 0 saturated carbocycles. The summed E-state index contributed by atoms with van der Waals surface area (Å²) in [6.45, 7) is 0.727. The molecule has 15 heavy (non-hydrogen) atoms. The number of carboxylic acid groups (broad SMARTS) is 1. The van der Waals surface area contributed by atoms with E-state index in [1.165, 1.54) is 6.07 Å². The predicted octanol–water partition coefficient (Wildman–Crippen LogP) is 2.28. The van der Waals surface area contributed by atoms with Gasteiger partial charge in [0, 0.05) is 6.61 Å². The quantitative estimate of drug-likeness (QED) is 0.788. The topological polar surface area (TPSA) is 59.4 Å². The van der Waals surface area contributed by atoms with Gasteiger partial charge < -0.3 is 9.84 Å². The molecule has 80 valence electrons. The van der Waals surface area contributed by atoms with Crippen LogP contribution in [0.3, 0.4) is 0 Å². The summed E-state index contributed by atoms with van der Waals surface area (Å²) in [6.07, 6.45) is 1.88. The van der Waals surface area contributed by atoms with Crippen LogP contribution in [0, 0.1) is 0 Å². The van der Waals surface area contributed by atoms with Crippen molar-refractivity contribution in [1.29, 1.82) is 0 Å². The second kappa shape index (κ2) is 4.16. The van der Waals surface area contributed by atoms with Crippen LogP contribution in [0.4, 0.5) is 0 Å². The summed E-state index contributed by atoms with van der Waals surface area (Å²) in [5, 5.41) is 8.79. The van der Waals surface area contributed by atoms with Crippen LogP contribution in [0.5, 0.6) is 0 Å². The van der Waals surface area contributed by atoms with Crippen LogP contribution in [-0.2, 0) is 4.74 Å². The third-order valence-electron chi connectivity index (χ3n) is 2.36. The number of hydrogen-bond donors (Lipinski definition) is 1. The minimum absolute atomic E-state index is 0.0236. The molecule has 0 radical (unpaired) electrons. The summed E-state index contributed by atoms with van der Waals surface area (Å²) in [7, 11) is 0. The Balaban J connectivity index is 2.28. The van der Waals surface area contributed by atoms with E-state index in [9.17, 15) is 4.79 Å². The third kappa shape index (κ3) is 2.11. The van der Waals surface area contributed by atoms with Crippen molar-refractivity contribution in [3.05, 3.63) is 28.5 Å². The molecular formula is C10H10ClNO3. The van der Waals surface area contributed by atoms with Gasteiger partial charge in [-0.05, 0) is 25.0 Å². The molecule has 0 spiro atoms. The number of aromatic nitrogens is 1. The lowest BCUT2D eigenvalue weighted by atomic mass is 10.1. The van der Waals surface area contributed by atoms with Gasteiger partial charge in [-0.2, -0.15) is 0 Å². The molecule has 1 aliphatic heterocycles. The maximum absolute atomic E-state index is 10.7. The van der Waals surface area contributed by atoms with Gasteiger partial charge in [-0.25, -0.2) is 9.78 Å². The van der Waals surface area contributed by atoms with Gasteiger partial charge in [-0.1, -0.05) is 11.6 Å². The van der Waals surface area contributed by atoms with E-state index in [1.807, 2.05) is 0 Å². The van der Waals surface area contributed by atoms with Crippen LogP contribution in [0.2, 0.25) is 5.15 Å². The van der Waals surface area contributed by atoms with Gasteiger partial charge in [0.15, 0.2) is 0 Å². The van der Waals surface area contributed by atoms with Crippen LogP contribution in [0.25, 0.3) is 0 Å². The van der Waals surface area contributed by atoms with E-state index in [2.05, 4.69) is 4.98 Å². The van der Waals surface area contributed by atoms with Crippen LogP contribution in [0.15, 0.2) is 12.1 Å². The number of rotatable bonds is 2. The minimum atomic E-state index is -1.06. The second-order valence-corrected chi connectivity index (χ2v) is 3.74. The Kier molecular flexibility index (Phi) is 2.88. The summed E-state index contributed by atoms with van der Waals surface area (Å²) in [5.41, 5.74) is 0.737. The average Bonchev–Trinajstić information content (AvgIpc) is 2.69. The maximum Gasteiger partial charge on any atom is 0.338 e. The first-order valence-corrected chi connectivity index (χ1v) is 5.07. The van der Waals surface area contributed by atoms with E-state index < -0.39 is 5.97 Å². The number of nitrogens with zero attached hydrogens (tertiary/aromatic N) is 1. The number of ether oxygens (including phenoxy) is 1. The van der Waals surface area contributed by atoms with E-state index in [0.717, 1.165) is 19.4 Å². The molecule has 1 saturated heterocycles. The van der Waals surface area contributed by atoms with Gasteiger partial charge >= 0.3 is 5.97 Å². The molecule has 2 heterocycles. The van der Waals surface area contributed by atoms with Crippen molar-refractivity contribution >= 4 is 17.6 Å². The van der Waals surface area contributed by atoms with Crippen molar-refractivity contribution in [1.82, 2.24) is 4.98 Å². The molecule has 1 atom stereocenters. The monoisotopic (exact) mass is 227 g/mol. The molecule has 1 aromatic heterocycles. The molecule has 2 rings (SSSR count). The zero-order valence-electron chi connectivity index (χ0n) is 7.94. The van der Waals surface area contributed by atoms with Crippen LogP contribution >= 0.6 is 11.6 Å². The summed E-state index contributed by atoms with van der Waals surface area (Å²) in [6, 6.07) is 3.12. The zero-order chi connectivity index (χ0) is 10.8. The standard InChI is InChI=1S/C10H10ClNO3/c11-9-6(10(13)14)3-4-7(12-9)8-2-1-5-15-8/h3-4,8H,1-2,5H2,(H,13,14). The first-order valence-electron chi connectivity index (χ1n) is 4.70. The lowest BCUT2D eigenvalue weighted by Crippen LogP contribution is -2.04. The smallest absolute Gasteiger partial charge is 0.338 e. The number of aromatic carboxylic acids is 1. The molecule has 0 aliphatic carbocycles. The molecule has 5 heteroatoms. The highest BCUT2D eigenvalue weighted by molar-refractivity contribution is 6.32. The molecule has 0 amide bonds. The molecule has 1 fully saturated rings. The molecule has 1 N–H and O–H groups in total. The maximum atomic E-state index is 10.7. The summed E-state index contributed by atoms with van der Waals surface area (Å²) in [4.78, 5) is 14.7. The van der Waals surface area contributed by atoms with Crippen molar-refractivity contribution in [2.24, 2.45) is 0 Å². The number of hydrogen-bond acceptors (Lipinski definition) is 3. The highest BCUT2D eigenvalue weighted by Gasteiger charge is 2.20. The van der Waals surface area contributed by atoms with Gasteiger partial charge in [0.1, 0.15) is 5.15 Å². The normalized spacial score (nSPS) is 20.5. The van der Waals surface area contributed by atoms with E-state index in [-0.39, 0.29) is 16.8 Å². The van der Waals surface area contributed by atoms with Crippen LogP contribution in [0.1, 0.15) is 35.0 Å². The summed E-state index contributed by atoms with van der Waals surface area (Å²) >= 11 is 5.76. The Labute approximate surface area is 91.8 Å². The average molecular weight is 228 g/mol. The van der Waals surface area contributed by atoms with Crippen molar-refractivity contribution < 1.29 is 14.6 Å². The Morgan fingerprint density at radius 2 is 2.40 bits per heavy atom. The minimum Gasteiger partial charge on any atom is -0.478 e. The number of carbonyl (C=O) groups is 1. The van der Waals surface area contributed by atoms with Crippen LogP contribution < -0.4 is 0 Å². The second-order valence-electron chi connectivity index (χ2n) is 3.38. The van der Waals surface area contributed by atoms with Gasteiger partial charge in [-0.3, -0.25) is 0 Å². The molecule has 1 unspecified atom stereocenters. The van der Waals surface area contributed by atoms with Crippen molar-refractivity contribution in [3.8, 4) is 0 Å². The van der Waals surface area contributed by atoms with E-state index in [0.29, 0.717) is 5.69 Å². The van der Waals surface area contributed by atoms with Gasteiger partial charge in [0.2, 0.25) is 0 Å². The van der Waals surface area contributed by atoms with Gasteiger partial charge in [0.25, 0.3) is 0 Å². The fraction of sp³-hybridized carbons (Fsp3) is 0.400. The Morgan fingerprint density at radius 1 is 1.60 bits per heavy atom. The first kappa shape index (κ1) is 10.4. The predicted molar refractivity (Wildman–Crippen MR) is 54.1 cm³/mol. The molecule has 1 aliphatic rings. The third-order valence-corrected chi connectivity index (χ3v) is 2.65. The first-order chi connectivity index (χ1) is 7.18. The summed E-state index contributed by atoms with van der Waals surface area (Å²) < 4.78 is 5.43. The Hall–Kier alpha value is -1.13. The van der Waals surface area contributed by atoms with E-state index >= 15 is 0 Å². The van der Waals surface area contributed by atoms with Crippen molar-refractivity contribution in [2.75, 3.05) is 6.61 Å². The lowest BCUT2D eigenvalue weighted by Gasteiger charge is -2.09. The van der Waals surface area contributed by atoms with Gasteiger partial charge in [-0.15, -0.1) is 0 Å². The lowest BCUT2D eigenvalue weighted by molar-refractivity contribution is 0.0696. The van der Waals surface area contributed by atoms with Crippen LogP contribution in [-0.4, -0.2) is 22.7 Å². The summed E-state index contributed by atoms with van der Waals surface area (Å²) in [5.74, 6) is -1.06.